The van der Waals surface area contributed by atoms with Crippen molar-refractivity contribution in [1.29, 1.82) is 0 Å². The molecule has 1 unspecified atom stereocenters. The first-order valence-corrected chi connectivity index (χ1v) is 11.0. The van der Waals surface area contributed by atoms with E-state index in [2.05, 4.69) is 4.74 Å². The van der Waals surface area contributed by atoms with Crippen LogP contribution < -0.4 is 9.42 Å². The average molecular weight is 444 g/mol. The Morgan fingerprint density at radius 2 is 1.73 bits per heavy atom. The van der Waals surface area contributed by atoms with Crippen molar-refractivity contribution in [3.05, 3.63) is 77.3 Å². The summed E-state index contributed by atoms with van der Waals surface area (Å²) in [5.74, 6) is -0.304. The number of halogens is 1. The number of esters is 1. The van der Waals surface area contributed by atoms with Crippen LogP contribution in [0.5, 0.6) is 5.75 Å². The monoisotopic (exact) mass is 443 g/mol. The molecule has 0 N–H and O–H groups in total. The van der Waals surface area contributed by atoms with Gasteiger partial charge in [-0.15, -0.1) is 0 Å². The molecule has 0 saturated heterocycles. The van der Waals surface area contributed by atoms with Crippen molar-refractivity contribution < 1.29 is 18.9 Å². The van der Waals surface area contributed by atoms with Crippen LogP contribution in [0.25, 0.3) is 10.8 Å². The van der Waals surface area contributed by atoms with Gasteiger partial charge in [0.15, 0.2) is 0 Å². The zero-order chi connectivity index (χ0) is 21.7. The lowest BCUT2D eigenvalue weighted by molar-refractivity contribution is -0.170. The normalized spacial score (nSPS) is 13.2. The molecule has 0 heterocycles. The summed E-state index contributed by atoms with van der Waals surface area (Å²) < 4.78 is 15.2. The summed E-state index contributed by atoms with van der Waals surface area (Å²) in [5.41, 5.74) is 0.374. The number of benzene rings is 3. The van der Waals surface area contributed by atoms with Gasteiger partial charge < -0.3 is 9.63 Å². The van der Waals surface area contributed by atoms with Crippen molar-refractivity contribution in [2.75, 3.05) is 6.61 Å². The molecule has 0 radical (unpaired) electrons. The predicted molar refractivity (Wildman–Crippen MR) is 119 cm³/mol. The Kier molecular flexibility index (Phi) is 7.09. The molecule has 30 heavy (non-hydrogen) atoms. The molecule has 0 saturated carbocycles. The summed E-state index contributed by atoms with van der Waals surface area (Å²) in [7, 11) is -2.59. The Balaban J connectivity index is 1.91. The summed E-state index contributed by atoms with van der Waals surface area (Å²) in [6, 6.07) is 18.8. The lowest BCUT2D eigenvalue weighted by Crippen LogP contribution is -2.22. The Labute approximate surface area is 182 Å². The molecule has 5 nitrogen and oxygen atoms in total. The van der Waals surface area contributed by atoms with Crippen molar-refractivity contribution in [2.45, 2.75) is 26.8 Å². The minimum absolute atomic E-state index is 0.202. The maximum atomic E-state index is 12.8. The minimum Gasteiger partial charge on any atom is -0.575 e. The maximum absolute atomic E-state index is 12.8. The van der Waals surface area contributed by atoms with Gasteiger partial charge in [0.25, 0.3) is 0 Å². The van der Waals surface area contributed by atoms with Crippen LogP contribution in [0.4, 0.5) is 0 Å². The van der Waals surface area contributed by atoms with Gasteiger partial charge in [0.2, 0.25) is 11.8 Å². The molecule has 3 aromatic rings. The van der Waals surface area contributed by atoms with Gasteiger partial charge in [0.1, 0.15) is 0 Å². The highest BCUT2D eigenvalue weighted by atomic mass is 35.5. The number of nitrogens with zero attached hydrogens (tertiary/aromatic N) is 1. The highest BCUT2D eigenvalue weighted by molar-refractivity contribution is 7.34. The quantitative estimate of drug-likeness (QED) is 0.343. The number of fused-ring (bicyclic) bond motifs is 1. The van der Waals surface area contributed by atoms with E-state index in [0.717, 1.165) is 10.8 Å². The predicted octanol–water partition coefficient (Wildman–Crippen LogP) is 6.06. The van der Waals surface area contributed by atoms with Gasteiger partial charge in [-0.1, -0.05) is 97.8 Å². The van der Waals surface area contributed by atoms with Gasteiger partial charge in [-0.3, -0.25) is 4.52 Å². The third kappa shape index (κ3) is 5.79. The molecule has 0 spiro atoms. The van der Waals surface area contributed by atoms with Gasteiger partial charge in [-0.2, -0.15) is 0 Å². The average Bonchev–Trinajstić information content (AvgIpc) is 2.72. The lowest BCUT2D eigenvalue weighted by atomic mass is 9.98. The van der Waals surface area contributed by atoms with Crippen molar-refractivity contribution in [3.63, 3.8) is 0 Å². The molecule has 0 bridgehead atoms. The van der Waals surface area contributed by atoms with Crippen LogP contribution >= 0.6 is 19.8 Å². The van der Waals surface area contributed by atoms with Gasteiger partial charge in [-0.05, 0) is 22.4 Å². The van der Waals surface area contributed by atoms with Crippen molar-refractivity contribution >= 4 is 36.5 Å². The second kappa shape index (κ2) is 9.57. The van der Waals surface area contributed by atoms with Crippen LogP contribution in [0, 0.1) is 5.41 Å². The molecule has 0 aliphatic rings. The molecular formula is C23H23ClNO4P. The van der Waals surface area contributed by atoms with E-state index in [-0.39, 0.29) is 17.8 Å². The summed E-state index contributed by atoms with van der Waals surface area (Å²) in [6.45, 7) is 6.10. The Morgan fingerprint density at radius 1 is 1.07 bits per heavy atom. The third-order valence-corrected chi connectivity index (χ3v) is 5.25. The highest BCUT2D eigenvalue weighted by Crippen LogP contribution is 2.39. The van der Waals surface area contributed by atoms with E-state index in [1.165, 1.54) is 0 Å². The summed E-state index contributed by atoms with van der Waals surface area (Å²) >= 11 is 6.28. The Bertz CT molecular complexity index is 1060. The van der Waals surface area contributed by atoms with Gasteiger partial charge >= 0.3 is 14.1 Å². The van der Waals surface area contributed by atoms with Crippen molar-refractivity contribution in [3.8, 4) is 5.75 Å². The summed E-state index contributed by atoms with van der Waals surface area (Å²) in [5, 5.41) is 1.93. The first-order chi connectivity index (χ1) is 14.2. The fourth-order valence-electron chi connectivity index (χ4n) is 2.76. The smallest absolute Gasteiger partial charge is 0.395 e. The molecule has 3 rings (SSSR count). The highest BCUT2D eigenvalue weighted by Gasteiger charge is 2.28. The molecule has 0 aliphatic carbocycles. The van der Waals surface area contributed by atoms with Crippen LogP contribution in [0.15, 0.2) is 71.5 Å². The largest absolute Gasteiger partial charge is 0.575 e. The zero-order valence-corrected chi connectivity index (χ0v) is 18.7. The molecule has 2 atom stereocenters. The number of rotatable bonds is 6. The first kappa shape index (κ1) is 22.2. The zero-order valence-electron chi connectivity index (χ0n) is 17.0. The van der Waals surface area contributed by atoms with E-state index >= 15 is 0 Å². The number of carbonyl (C=O) groups is 1. The van der Waals surface area contributed by atoms with Crippen LogP contribution in [-0.2, 0) is 9.53 Å². The third-order valence-electron chi connectivity index (χ3n) is 4.20. The summed E-state index contributed by atoms with van der Waals surface area (Å²) in [4.78, 5) is 25.5. The van der Waals surface area contributed by atoms with Crippen LogP contribution in [0.1, 0.15) is 32.4 Å². The lowest BCUT2D eigenvalue weighted by Gasteiger charge is -2.19. The Morgan fingerprint density at radius 3 is 2.43 bits per heavy atom. The van der Waals surface area contributed by atoms with Gasteiger partial charge in [-0.25, -0.2) is 4.79 Å². The van der Waals surface area contributed by atoms with Gasteiger partial charge in [0, 0.05) is 5.39 Å². The number of hydrogen-bond donors (Lipinski definition) is 0. The second-order valence-corrected chi connectivity index (χ2v) is 9.32. The molecule has 0 aliphatic heterocycles. The molecule has 0 aromatic heterocycles. The van der Waals surface area contributed by atoms with E-state index in [4.69, 9.17) is 20.9 Å². The van der Waals surface area contributed by atoms with Crippen molar-refractivity contribution in [1.82, 2.24) is 0 Å². The maximum Gasteiger partial charge on any atom is 0.395 e. The fourth-order valence-corrected chi connectivity index (χ4v) is 3.83. The van der Waals surface area contributed by atoms with E-state index in [1.54, 1.807) is 30.3 Å². The van der Waals surface area contributed by atoms with Gasteiger partial charge in [0.05, 0.1) is 11.6 Å². The topological polar surface area (TPSA) is 71.0 Å². The van der Waals surface area contributed by atoms with E-state index in [9.17, 15) is 9.69 Å². The van der Waals surface area contributed by atoms with Crippen LogP contribution in [-0.4, -0.2) is 12.6 Å². The first-order valence-electron chi connectivity index (χ1n) is 9.49. The van der Waals surface area contributed by atoms with E-state index in [0.29, 0.717) is 10.6 Å². The molecule has 0 amide bonds. The SMILES string of the molecule is CC(C)(C)COC(=O)[C@@H](N=[P+]([O-])Oc1c(Cl)ccc2ccccc12)c1ccccc1. The van der Waals surface area contributed by atoms with Crippen LogP contribution in [0.2, 0.25) is 5.02 Å². The standard InChI is InChI=1S/C23H23ClNO4P/c1-23(2,3)15-28-22(26)20(17-10-5-4-6-11-17)25-30(27)29-21-18-12-8-7-9-16(18)13-14-19(21)24/h4-14,20H,15H2,1-3H3/t20-/m0/s1. The molecule has 3 aromatic carbocycles. The summed E-state index contributed by atoms with van der Waals surface area (Å²) in [6.07, 6.45) is 0. The van der Waals surface area contributed by atoms with E-state index in [1.807, 2.05) is 57.2 Å². The number of carbonyl (C=O) groups excluding carboxylic acids is 1. The molecule has 0 fully saturated rings. The number of hydrogen-bond acceptors (Lipinski definition) is 5. The number of ether oxygens (including phenoxy) is 1. The van der Waals surface area contributed by atoms with E-state index < -0.39 is 20.2 Å². The second-order valence-electron chi connectivity index (χ2n) is 8.02. The molecule has 156 valence electrons. The fraction of sp³-hybridized carbons (Fsp3) is 0.261. The molecule has 7 heteroatoms. The van der Waals surface area contributed by atoms with Crippen LogP contribution in [0.3, 0.4) is 0 Å². The van der Waals surface area contributed by atoms with Crippen molar-refractivity contribution in [2.24, 2.45) is 10.2 Å². The Hall–Kier alpha value is -2.46. The molecular weight excluding hydrogens is 421 g/mol. The minimum atomic E-state index is -2.59.